The third kappa shape index (κ3) is 2.94. The Labute approximate surface area is 137 Å². The highest BCUT2D eigenvalue weighted by Crippen LogP contribution is 2.39. The zero-order chi connectivity index (χ0) is 16.6. The average molecular weight is 334 g/mol. The van der Waals surface area contributed by atoms with Gasteiger partial charge in [0.1, 0.15) is 15.8 Å². The molecule has 1 fully saturated rings. The Hall–Kier alpha value is -2.35. The largest absolute Gasteiger partial charge is 0.462 e. The van der Waals surface area contributed by atoms with Crippen LogP contribution in [0.2, 0.25) is 0 Å². The summed E-state index contributed by atoms with van der Waals surface area (Å²) in [5.41, 5.74) is 12.8. The molecule has 8 heteroatoms. The van der Waals surface area contributed by atoms with E-state index in [1.807, 2.05) is 6.07 Å². The van der Waals surface area contributed by atoms with Gasteiger partial charge in [-0.25, -0.2) is 4.98 Å². The van der Waals surface area contributed by atoms with Crippen molar-refractivity contribution < 1.29 is 14.3 Å². The number of thiophene rings is 1. The monoisotopic (exact) mass is 334 g/mol. The molecule has 3 heterocycles. The summed E-state index contributed by atoms with van der Waals surface area (Å²) in [6.07, 6.45) is 3.19. The first kappa shape index (κ1) is 15.5. The first-order chi connectivity index (χ1) is 11.0. The number of nitrogens with two attached hydrogens (primary N) is 2. The zero-order valence-corrected chi connectivity index (χ0v) is 13.6. The number of pyridine rings is 1. The maximum atomic E-state index is 11.5. The van der Waals surface area contributed by atoms with Gasteiger partial charge in [0.2, 0.25) is 0 Å². The lowest BCUT2D eigenvalue weighted by atomic mass is 10.1. The summed E-state index contributed by atoms with van der Waals surface area (Å²) in [4.78, 5) is 30.0. The van der Waals surface area contributed by atoms with Crippen LogP contribution in [0.5, 0.6) is 0 Å². The molecule has 7 nitrogen and oxygen atoms in total. The van der Waals surface area contributed by atoms with Crippen molar-refractivity contribution in [3.63, 3.8) is 0 Å². The second-order valence-corrected chi connectivity index (χ2v) is 6.51. The minimum atomic E-state index is -0.537. The number of ether oxygens (including phenoxy) is 1. The summed E-state index contributed by atoms with van der Waals surface area (Å²) < 4.78 is 5.26. The van der Waals surface area contributed by atoms with Gasteiger partial charge in [0.05, 0.1) is 16.8 Å². The summed E-state index contributed by atoms with van der Waals surface area (Å²) in [5, 5.41) is 0.775. The molecule has 4 N–H and O–H groups in total. The Kier molecular flexibility index (Phi) is 4.08. The SMILES string of the molecule is CC(=O)OC1CCN(c2ccnc3sc(C(N)=O)c(N)c23)CC1. The summed E-state index contributed by atoms with van der Waals surface area (Å²) in [6, 6.07) is 1.89. The van der Waals surface area contributed by atoms with E-state index in [9.17, 15) is 9.59 Å². The van der Waals surface area contributed by atoms with Gasteiger partial charge in [-0.3, -0.25) is 9.59 Å². The van der Waals surface area contributed by atoms with Crippen LogP contribution in [-0.2, 0) is 9.53 Å². The van der Waals surface area contributed by atoms with Gasteiger partial charge in [-0.1, -0.05) is 0 Å². The molecule has 1 aliphatic heterocycles. The second-order valence-electron chi connectivity index (χ2n) is 5.52. The van der Waals surface area contributed by atoms with E-state index in [0.29, 0.717) is 15.4 Å². The standard InChI is InChI=1S/C15H18N4O3S/c1-8(20)22-9-3-6-19(7-4-9)10-2-5-18-15-11(10)12(16)13(23-15)14(17)21/h2,5,9H,3-4,6-7,16H2,1H3,(H2,17,21). The number of rotatable bonds is 3. The van der Waals surface area contributed by atoms with Crippen LogP contribution in [-0.4, -0.2) is 36.1 Å². The number of aromatic nitrogens is 1. The summed E-state index contributed by atoms with van der Waals surface area (Å²) in [7, 11) is 0. The smallest absolute Gasteiger partial charge is 0.302 e. The highest BCUT2D eigenvalue weighted by molar-refractivity contribution is 7.21. The number of anilines is 2. The number of carbonyl (C=O) groups is 2. The Morgan fingerprint density at radius 1 is 1.39 bits per heavy atom. The molecule has 0 saturated carbocycles. The molecule has 1 aliphatic rings. The van der Waals surface area contributed by atoms with Crippen LogP contribution < -0.4 is 16.4 Å². The summed E-state index contributed by atoms with van der Waals surface area (Å²) >= 11 is 1.21. The van der Waals surface area contributed by atoms with Crippen molar-refractivity contribution in [2.24, 2.45) is 5.73 Å². The highest BCUT2D eigenvalue weighted by Gasteiger charge is 2.25. The molecule has 0 unspecified atom stereocenters. The van der Waals surface area contributed by atoms with Crippen LogP contribution in [0.3, 0.4) is 0 Å². The normalized spacial score (nSPS) is 15.8. The molecule has 1 saturated heterocycles. The molecule has 2 aromatic heterocycles. The van der Waals surface area contributed by atoms with E-state index in [2.05, 4.69) is 9.88 Å². The van der Waals surface area contributed by atoms with Crippen LogP contribution >= 0.6 is 11.3 Å². The molecular formula is C15H18N4O3S. The predicted molar refractivity (Wildman–Crippen MR) is 89.6 cm³/mol. The number of esters is 1. The van der Waals surface area contributed by atoms with Gasteiger partial charge in [0.25, 0.3) is 5.91 Å². The van der Waals surface area contributed by atoms with E-state index < -0.39 is 5.91 Å². The fourth-order valence-corrected chi connectivity index (χ4v) is 3.86. The Morgan fingerprint density at radius 3 is 2.70 bits per heavy atom. The number of primary amides is 1. The molecule has 0 bridgehead atoms. The van der Waals surface area contributed by atoms with Crippen LogP contribution in [0, 0.1) is 0 Å². The maximum Gasteiger partial charge on any atom is 0.302 e. The van der Waals surface area contributed by atoms with E-state index in [1.165, 1.54) is 18.3 Å². The van der Waals surface area contributed by atoms with Crippen LogP contribution in [0.25, 0.3) is 10.2 Å². The molecule has 1 amide bonds. The molecule has 0 radical (unpaired) electrons. The number of carbonyl (C=O) groups excluding carboxylic acids is 2. The van der Waals surface area contributed by atoms with E-state index in [1.54, 1.807) is 6.20 Å². The number of hydrogen-bond donors (Lipinski definition) is 2. The maximum absolute atomic E-state index is 11.5. The van der Waals surface area contributed by atoms with E-state index in [0.717, 1.165) is 37.0 Å². The molecule has 0 aliphatic carbocycles. The van der Waals surface area contributed by atoms with Crippen molar-refractivity contribution in [2.45, 2.75) is 25.9 Å². The van der Waals surface area contributed by atoms with Gasteiger partial charge in [0.15, 0.2) is 0 Å². The predicted octanol–water partition coefficient (Wildman–Crippen LogP) is 1.51. The van der Waals surface area contributed by atoms with E-state index in [-0.39, 0.29) is 12.1 Å². The topological polar surface area (TPSA) is 112 Å². The van der Waals surface area contributed by atoms with Crippen molar-refractivity contribution in [1.82, 2.24) is 4.98 Å². The molecule has 2 aromatic rings. The first-order valence-corrected chi connectivity index (χ1v) is 8.18. The first-order valence-electron chi connectivity index (χ1n) is 7.36. The van der Waals surface area contributed by atoms with Crippen molar-refractivity contribution in [3.05, 3.63) is 17.1 Å². The Bertz CT molecular complexity index is 765. The second kappa shape index (κ2) is 6.04. The van der Waals surface area contributed by atoms with Crippen molar-refractivity contribution in [1.29, 1.82) is 0 Å². The zero-order valence-electron chi connectivity index (χ0n) is 12.7. The van der Waals surface area contributed by atoms with Gasteiger partial charge in [-0.05, 0) is 6.07 Å². The number of hydrogen-bond acceptors (Lipinski definition) is 7. The molecule has 0 spiro atoms. The van der Waals surface area contributed by atoms with Crippen LogP contribution in [0.1, 0.15) is 29.4 Å². The van der Waals surface area contributed by atoms with Gasteiger partial charge >= 0.3 is 5.97 Å². The quantitative estimate of drug-likeness (QED) is 0.823. The van der Waals surface area contributed by atoms with Gasteiger partial charge in [-0.15, -0.1) is 11.3 Å². The Morgan fingerprint density at radius 2 is 2.09 bits per heavy atom. The molecule has 122 valence electrons. The third-order valence-electron chi connectivity index (χ3n) is 3.95. The van der Waals surface area contributed by atoms with Gasteiger partial charge < -0.3 is 21.1 Å². The van der Waals surface area contributed by atoms with Crippen molar-refractivity contribution in [3.8, 4) is 0 Å². The average Bonchev–Trinajstić information content (AvgIpc) is 2.85. The molecule has 23 heavy (non-hydrogen) atoms. The van der Waals surface area contributed by atoms with E-state index in [4.69, 9.17) is 16.2 Å². The van der Waals surface area contributed by atoms with E-state index >= 15 is 0 Å². The van der Waals surface area contributed by atoms with Crippen molar-refractivity contribution in [2.75, 3.05) is 23.7 Å². The number of amides is 1. The lowest BCUT2D eigenvalue weighted by Gasteiger charge is -2.33. The molecule has 3 rings (SSSR count). The number of piperidine rings is 1. The lowest BCUT2D eigenvalue weighted by Crippen LogP contribution is -2.37. The molecular weight excluding hydrogens is 316 g/mol. The van der Waals surface area contributed by atoms with Crippen LogP contribution in [0.15, 0.2) is 12.3 Å². The highest BCUT2D eigenvalue weighted by atomic mass is 32.1. The third-order valence-corrected chi connectivity index (χ3v) is 5.07. The fraction of sp³-hybridized carbons (Fsp3) is 0.400. The Balaban J connectivity index is 1.89. The number of nitrogen functional groups attached to an aromatic ring is 1. The lowest BCUT2D eigenvalue weighted by molar-refractivity contribution is -0.147. The van der Waals surface area contributed by atoms with Crippen LogP contribution in [0.4, 0.5) is 11.4 Å². The minimum absolute atomic E-state index is 0.0397. The summed E-state index contributed by atoms with van der Waals surface area (Å²) in [5.74, 6) is -0.784. The van der Waals surface area contributed by atoms with Gasteiger partial charge in [0, 0.05) is 39.1 Å². The minimum Gasteiger partial charge on any atom is -0.462 e. The van der Waals surface area contributed by atoms with Gasteiger partial charge in [-0.2, -0.15) is 0 Å². The molecule has 0 atom stereocenters. The number of nitrogens with zero attached hydrogens (tertiary/aromatic N) is 2. The fourth-order valence-electron chi connectivity index (χ4n) is 2.92. The number of fused-ring (bicyclic) bond motifs is 1. The summed E-state index contributed by atoms with van der Waals surface area (Å²) in [6.45, 7) is 2.92. The molecule has 0 aromatic carbocycles. The van der Waals surface area contributed by atoms with Crippen molar-refractivity contribution >= 4 is 44.8 Å².